The van der Waals surface area contributed by atoms with Crippen molar-refractivity contribution in [3.05, 3.63) is 23.4 Å². The Morgan fingerprint density at radius 1 is 1.47 bits per heavy atom. The highest BCUT2D eigenvalue weighted by molar-refractivity contribution is 5.97. The van der Waals surface area contributed by atoms with Gasteiger partial charge in [-0.05, 0) is 12.1 Å². The van der Waals surface area contributed by atoms with E-state index in [0.29, 0.717) is 18.2 Å². The average molecular weight is 205 g/mol. The molecule has 2 N–H and O–H groups in total. The number of aromatic nitrogens is 1. The van der Waals surface area contributed by atoms with Gasteiger partial charge in [0.25, 0.3) is 5.91 Å². The van der Waals surface area contributed by atoms with Crippen LogP contribution in [0.3, 0.4) is 0 Å². The number of hydrogen-bond donors (Lipinski definition) is 2. The molecule has 0 aromatic carbocycles. The molecule has 15 heavy (non-hydrogen) atoms. The molecule has 0 atom stereocenters. The third kappa shape index (κ3) is 1.45. The summed E-state index contributed by atoms with van der Waals surface area (Å²) in [6, 6.07) is 4.01. The van der Waals surface area contributed by atoms with Gasteiger partial charge in [0, 0.05) is 0 Å². The summed E-state index contributed by atoms with van der Waals surface area (Å²) >= 11 is 0. The van der Waals surface area contributed by atoms with Crippen LogP contribution in [0.1, 0.15) is 16.1 Å². The number of amides is 1. The molecular weight excluding hydrogens is 194 g/mol. The summed E-state index contributed by atoms with van der Waals surface area (Å²) < 4.78 is 5.06. The maximum absolute atomic E-state index is 11.3. The van der Waals surface area contributed by atoms with Gasteiger partial charge in [-0.1, -0.05) is 0 Å². The van der Waals surface area contributed by atoms with Crippen molar-refractivity contribution in [2.24, 2.45) is 0 Å². The number of pyridine rings is 1. The number of anilines is 1. The van der Waals surface area contributed by atoms with Crippen molar-refractivity contribution in [2.75, 3.05) is 18.5 Å². The van der Waals surface area contributed by atoms with E-state index in [4.69, 9.17) is 4.74 Å². The lowest BCUT2D eigenvalue weighted by atomic mass is 10.2. The Labute approximate surface area is 86.8 Å². The fourth-order valence-corrected chi connectivity index (χ4v) is 1.71. The molecule has 0 radical (unpaired) electrons. The molecule has 3 heterocycles. The Kier molecular flexibility index (Phi) is 1.85. The maximum Gasteiger partial charge on any atom is 0.253 e. The van der Waals surface area contributed by atoms with E-state index in [2.05, 4.69) is 15.6 Å². The van der Waals surface area contributed by atoms with Gasteiger partial charge in [-0.2, -0.15) is 0 Å². The van der Waals surface area contributed by atoms with Crippen molar-refractivity contribution in [1.82, 2.24) is 10.3 Å². The van der Waals surface area contributed by atoms with Gasteiger partial charge in [0.05, 0.1) is 37.1 Å². The molecule has 1 amide bonds. The smallest absolute Gasteiger partial charge is 0.253 e. The summed E-state index contributed by atoms with van der Waals surface area (Å²) in [5, 5.41) is 5.99. The van der Waals surface area contributed by atoms with Crippen LogP contribution in [-0.4, -0.2) is 30.1 Å². The lowest BCUT2D eigenvalue weighted by molar-refractivity contribution is 0.0209. The van der Waals surface area contributed by atoms with Crippen molar-refractivity contribution in [1.29, 1.82) is 0 Å². The quantitative estimate of drug-likeness (QED) is 0.720. The topological polar surface area (TPSA) is 63.2 Å². The molecule has 0 unspecified atom stereocenters. The monoisotopic (exact) mass is 205 g/mol. The van der Waals surface area contributed by atoms with E-state index in [0.717, 1.165) is 24.7 Å². The summed E-state index contributed by atoms with van der Waals surface area (Å²) in [4.78, 5) is 15.7. The summed E-state index contributed by atoms with van der Waals surface area (Å²) in [5.74, 6) is 0.787. The molecule has 3 rings (SSSR count). The predicted octanol–water partition coefficient (Wildman–Crippen LogP) is 0.136. The van der Waals surface area contributed by atoms with E-state index < -0.39 is 0 Å². The number of nitrogens with one attached hydrogen (secondary N) is 2. The van der Waals surface area contributed by atoms with Gasteiger partial charge in [-0.3, -0.25) is 4.79 Å². The van der Waals surface area contributed by atoms with Crippen LogP contribution in [0.2, 0.25) is 0 Å². The fraction of sp³-hybridized carbons (Fsp3) is 0.400. The molecule has 1 aromatic heterocycles. The minimum absolute atomic E-state index is 0.0315. The molecule has 5 heteroatoms. The normalized spacial score (nSPS) is 19.3. The number of hydrogen-bond acceptors (Lipinski definition) is 4. The third-order valence-electron chi connectivity index (χ3n) is 2.63. The molecule has 1 fully saturated rings. The molecule has 1 saturated heterocycles. The highest BCUT2D eigenvalue weighted by Gasteiger charge is 2.22. The molecule has 2 aliphatic heterocycles. The van der Waals surface area contributed by atoms with Crippen LogP contribution < -0.4 is 10.6 Å². The highest BCUT2D eigenvalue weighted by Crippen LogP contribution is 2.17. The van der Waals surface area contributed by atoms with Gasteiger partial charge in [-0.25, -0.2) is 4.98 Å². The average Bonchev–Trinajstić information content (AvgIpc) is 2.54. The first-order chi connectivity index (χ1) is 7.33. The Morgan fingerprint density at radius 3 is 3.07 bits per heavy atom. The van der Waals surface area contributed by atoms with Crippen LogP contribution in [0.4, 0.5) is 5.82 Å². The number of carbonyl (C=O) groups excluding carboxylic acids is 1. The van der Waals surface area contributed by atoms with Crippen molar-refractivity contribution >= 4 is 11.7 Å². The van der Waals surface area contributed by atoms with Crippen LogP contribution in [0.15, 0.2) is 12.1 Å². The van der Waals surface area contributed by atoms with E-state index in [9.17, 15) is 4.79 Å². The van der Waals surface area contributed by atoms with Gasteiger partial charge < -0.3 is 15.4 Å². The minimum atomic E-state index is -0.0315. The number of rotatable bonds is 2. The molecule has 1 aromatic rings. The second-order valence-electron chi connectivity index (χ2n) is 3.75. The van der Waals surface area contributed by atoms with Crippen LogP contribution in [0, 0.1) is 0 Å². The number of ether oxygens (including phenoxy) is 1. The standard InChI is InChI=1S/C10H11N3O2/c14-10-7-1-2-9(12-6-4-15-5-6)13-8(7)3-11-10/h1-2,6H,3-5H2,(H,11,14)(H,12,13). The minimum Gasteiger partial charge on any atom is -0.377 e. The first-order valence-electron chi connectivity index (χ1n) is 4.95. The van der Waals surface area contributed by atoms with Crippen molar-refractivity contribution < 1.29 is 9.53 Å². The molecule has 0 bridgehead atoms. The first kappa shape index (κ1) is 8.67. The summed E-state index contributed by atoms with van der Waals surface area (Å²) in [7, 11) is 0. The van der Waals surface area contributed by atoms with Gasteiger partial charge in [0.1, 0.15) is 5.82 Å². The number of carbonyl (C=O) groups is 1. The van der Waals surface area contributed by atoms with E-state index in [-0.39, 0.29) is 5.91 Å². The third-order valence-corrected chi connectivity index (χ3v) is 2.63. The van der Waals surface area contributed by atoms with Gasteiger partial charge in [0.2, 0.25) is 0 Å². The van der Waals surface area contributed by atoms with E-state index >= 15 is 0 Å². The molecule has 0 saturated carbocycles. The highest BCUT2D eigenvalue weighted by atomic mass is 16.5. The lowest BCUT2D eigenvalue weighted by Gasteiger charge is -2.27. The Balaban J connectivity index is 1.82. The second kappa shape index (κ2) is 3.20. The van der Waals surface area contributed by atoms with Gasteiger partial charge in [0.15, 0.2) is 0 Å². The molecule has 2 aliphatic rings. The van der Waals surface area contributed by atoms with Crippen LogP contribution in [-0.2, 0) is 11.3 Å². The molecular formula is C10H11N3O2. The summed E-state index contributed by atoms with van der Waals surface area (Å²) in [5.41, 5.74) is 1.51. The van der Waals surface area contributed by atoms with E-state index in [1.54, 1.807) is 0 Å². The zero-order valence-corrected chi connectivity index (χ0v) is 8.12. The molecule has 78 valence electrons. The van der Waals surface area contributed by atoms with E-state index in [1.165, 1.54) is 0 Å². The molecule has 0 aliphatic carbocycles. The maximum atomic E-state index is 11.3. The Hall–Kier alpha value is -1.62. The zero-order valence-electron chi connectivity index (χ0n) is 8.12. The largest absolute Gasteiger partial charge is 0.377 e. The van der Waals surface area contributed by atoms with Crippen molar-refractivity contribution in [3.63, 3.8) is 0 Å². The summed E-state index contributed by atoms with van der Waals surface area (Å²) in [6.07, 6.45) is 0. The predicted molar refractivity (Wildman–Crippen MR) is 53.6 cm³/mol. The number of fused-ring (bicyclic) bond motifs is 1. The SMILES string of the molecule is O=C1NCc2nc(NC3COC3)ccc21. The second-order valence-corrected chi connectivity index (χ2v) is 3.75. The van der Waals surface area contributed by atoms with Gasteiger partial charge >= 0.3 is 0 Å². The molecule has 5 nitrogen and oxygen atoms in total. The van der Waals surface area contributed by atoms with Crippen LogP contribution in [0.25, 0.3) is 0 Å². The zero-order chi connectivity index (χ0) is 10.3. The molecule has 0 spiro atoms. The van der Waals surface area contributed by atoms with Crippen LogP contribution >= 0.6 is 0 Å². The van der Waals surface area contributed by atoms with Gasteiger partial charge in [-0.15, -0.1) is 0 Å². The summed E-state index contributed by atoms with van der Waals surface area (Å²) in [6.45, 7) is 2.00. The lowest BCUT2D eigenvalue weighted by Crippen LogP contribution is -2.40. The Morgan fingerprint density at radius 2 is 2.33 bits per heavy atom. The van der Waals surface area contributed by atoms with Crippen molar-refractivity contribution in [2.45, 2.75) is 12.6 Å². The fourth-order valence-electron chi connectivity index (χ4n) is 1.71. The van der Waals surface area contributed by atoms with E-state index in [1.807, 2.05) is 12.1 Å². The Bertz CT molecular complexity index is 415. The van der Waals surface area contributed by atoms with Crippen molar-refractivity contribution in [3.8, 4) is 0 Å². The first-order valence-corrected chi connectivity index (χ1v) is 4.95. The number of nitrogens with zero attached hydrogens (tertiary/aromatic N) is 1. The van der Waals surface area contributed by atoms with Crippen LogP contribution in [0.5, 0.6) is 0 Å².